The molecule has 14 heavy (non-hydrogen) atoms. The van der Waals surface area contributed by atoms with Crippen LogP contribution in [0.3, 0.4) is 0 Å². The Morgan fingerprint density at radius 2 is 1.79 bits per heavy atom. The Labute approximate surface area is 95.2 Å². The first kappa shape index (κ1) is 13.4. The molecule has 0 radical (unpaired) electrons. The molecule has 0 saturated heterocycles. The van der Waals surface area contributed by atoms with Gasteiger partial charge in [-0.3, -0.25) is 5.41 Å². The van der Waals surface area contributed by atoms with Gasteiger partial charge in [-0.2, -0.15) is 0 Å². The highest BCUT2D eigenvalue weighted by atomic mass is 79.9. The number of rotatable bonds is 2. The van der Waals surface area contributed by atoms with Crippen LogP contribution < -0.4 is 5.73 Å². The number of amidine groups is 1. The molecular formula is C8H9BrF2N2S. The monoisotopic (exact) mass is 282 g/mol. The summed E-state index contributed by atoms with van der Waals surface area (Å²) in [4.78, 5) is 0. The second-order valence-corrected chi connectivity index (χ2v) is 3.45. The number of hydrogen-bond acceptors (Lipinski definition) is 2. The lowest BCUT2D eigenvalue weighted by molar-refractivity contribution is 0.581. The molecule has 1 rings (SSSR count). The van der Waals surface area contributed by atoms with Crippen LogP contribution >= 0.6 is 28.7 Å². The zero-order valence-electron chi connectivity index (χ0n) is 7.09. The molecule has 0 aliphatic heterocycles. The van der Waals surface area contributed by atoms with E-state index in [1.165, 1.54) is 12.1 Å². The first-order valence-corrected chi connectivity index (χ1v) is 4.48. The summed E-state index contributed by atoms with van der Waals surface area (Å²) in [7, 11) is 0. The molecule has 0 saturated carbocycles. The lowest BCUT2D eigenvalue weighted by Gasteiger charge is -2.00. The Kier molecular flexibility index (Phi) is 5.71. The summed E-state index contributed by atoms with van der Waals surface area (Å²) in [6, 6.07) is 3.25. The van der Waals surface area contributed by atoms with Gasteiger partial charge in [0.15, 0.2) is 5.17 Å². The van der Waals surface area contributed by atoms with Gasteiger partial charge in [0.1, 0.15) is 11.6 Å². The summed E-state index contributed by atoms with van der Waals surface area (Å²) in [6.07, 6.45) is 0. The summed E-state index contributed by atoms with van der Waals surface area (Å²) >= 11 is 1.03. The molecule has 0 fully saturated rings. The average molecular weight is 283 g/mol. The largest absolute Gasteiger partial charge is 0.379 e. The first-order valence-electron chi connectivity index (χ1n) is 3.50. The van der Waals surface area contributed by atoms with E-state index < -0.39 is 11.6 Å². The molecular weight excluding hydrogens is 274 g/mol. The predicted molar refractivity (Wildman–Crippen MR) is 59.9 cm³/mol. The molecule has 0 atom stereocenters. The molecule has 2 nitrogen and oxygen atoms in total. The van der Waals surface area contributed by atoms with Crippen LogP contribution in [-0.4, -0.2) is 5.17 Å². The maximum atomic E-state index is 12.6. The highest BCUT2D eigenvalue weighted by molar-refractivity contribution is 8.93. The van der Waals surface area contributed by atoms with Crippen LogP contribution in [0.4, 0.5) is 8.78 Å². The van der Waals surface area contributed by atoms with Gasteiger partial charge in [-0.25, -0.2) is 8.78 Å². The molecule has 1 aromatic rings. The van der Waals surface area contributed by atoms with Crippen molar-refractivity contribution in [1.82, 2.24) is 0 Å². The number of hydrogen-bond donors (Lipinski definition) is 2. The quantitative estimate of drug-likeness (QED) is 0.647. The Balaban J connectivity index is 0.00000169. The summed E-state index contributed by atoms with van der Waals surface area (Å²) in [5.74, 6) is -0.914. The molecule has 0 heterocycles. The highest BCUT2D eigenvalue weighted by Gasteiger charge is 2.01. The smallest absolute Gasteiger partial charge is 0.151 e. The molecule has 6 heteroatoms. The van der Waals surface area contributed by atoms with Crippen molar-refractivity contribution in [3.8, 4) is 0 Å². The summed E-state index contributed by atoms with van der Waals surface area (Å²) in [5.41, 5.74) is 5.56. The Morgan fingerprint density at radius 3 is 2.21 bits per heavy atom. The number of nitrogens with two attached hydrogens (primary N) is 1. The van der Waals surface area contributed by atoms with Crippen molar-refractivity contribution >= 4 is 33.9 Å². The molecule has 0 amide bonds. The van der Waals surface area contributed by atoms with E-state index in [2.05, 4.69) is 0 Å². The third-order valence-corrected chi connectivity index (χ3v) is 2.11. The molecule has 0 spiro atoms. The van der Waals surface area contributed by atoms with Crippen molar-refractivity contribution in [2.24, 2.45) is 5.73 Å². The van der Waals surface area contributed by atoms with Crippen LogP contribution in [0.15, 0.2) is 18.2 Å². The molecule has 78 valence electrons. The van der Waals surface area contributed by atoms with Crippen LogP contribution in [0.2, 0.25) is 0 Å². The van der Waals surface area contributed by atoms with Gasteiger partial charge in [0.2, 0.25) is 0 Å². The minimum Gasteiger partial charge on any atom is -0.379 e. The van der Waals surface area contributed by atoms with E-state index in [1.54, 1.807) is 0 Å². The number of benzene rings is 1. The fourth-order valence-electron chi connectivity index (χ4n) is 0.855. The number of thioether (sulfide) groups is 1. The van der Waals surface area contributed by atoms with Crippen LogP contribution in [0, 0.1) is 17.0 Å². The van der Waals surface area contributed by atoms with Crippen LogP contribution in [0.1, 0.15) is 5.56 Å². The normalized spacial score (nSPS) is 9.29. The van der Waals surface area contributed by atoms with Crippen molar-refractivity contribution in [2.75, 3.05) is 0 Å². The maximum absolute atomic E-state index is 12.6. The molecule has 1 aromatic carbocycles. The van der Waals surface area contributed by atoms with E-state index in [0.717, 1.165) is 17.8 Å². The standard InChI is InChI=1S/C8H8F2N2S.BrH/c9-6-1-5(2-7(10)3-6)4-13-8(11)12;/h1-3H,4H2,(H3,11,12);1H. The number of halogens is 3. The van der Waals surface area contributed by atoms with E-state index >= 15 is 0 Å². The lowest BCUT2D eigenvalue weighted by Crippen LogP contribution is -2.03. The number of nitrogens with one attached hydrogen (secondary N) is 1. The van der Waals surface area contributed by atoms with E-state index in [0.29, 0.717) is 11.3 Å². The molecule has 0 bridgehead atoms. The van der Waals surface area contributed by atoms with Crippen molar-refractivity contribution in [3.63, 3.8) is 0 Å². The fourth-order valence-corrected chi connectivity index (χ4v) is 1.34. The molecule has 3 N–H and O–H groups in total. The molecule has 0 unspecified atom stereocenters. The predicted octanol–water partition coefficient (Wildman–Crippen LogP) is 2.67. The van der Waals surface area contributed by atoms with Crippen molar-refractivity contribution < 1.29 is 8.78 Å². The lowest BCUT2D eigenvalue weighted by atomic mass is 10.2. The minimum atomic E-state index is -0.612. The zero-order valence-corrected chi connectivity index (χ0v) is 9.62. The van der Waals surface area contributed by atoms with Gasteiger partial charge in [0.25, 0.3) is 0 Å². The Morgan fingerprint density at radius 1 is 1.29 bits per heavy atom. The van der Waals surface area contributed by atoms with Crippen LogP contribution in [0.5, 0.6) is 0 Å². The van der Waals surface area contributed by atoms with Gasteiger partial charge in [-0.1, -0.05) is 11.8 Å². The third kappa shape index (κ3) is 4.57. The highest BCUT2D eigenvalue weighted by Crippen LogP contribution is 2.14. The van der Waals surface area contributed by atoms with E-state index in [4.69, 9.17) is 11.1 Å². The molecule has 0 aromatic heterocycles. The first-order chi connectivity index (χ1) is 6.08. The van der Waals surface area contributed by atoms with Gasteiger partial charge < -0.3 is 5.73 Å². The zero-order chi connectivity index (χ0) is 9.84. The van der Waals surface area contributed by atoms with E-state index in [-0.39, 0.29) is 22.1 Å². The topological polar surface area (TPSA) is 49.9 Å². The van der Waals surface area contributed by atoms with Crippen LogP contribution in [-0.2, 0) is 5.75 Å². The van der Waals surface area contributed by atoms with Gasteiger partial charge >= 0.3 is 0 Å². The molecule has 0 aliphatic carbocycles. The third-order valence-electron chi connectivity index (χ3n) is 1.32. The second-order valence-electron chi connectivity index (χ2n) is 2.43. The minimum absolute atomic E-state index is 0. The van der Waals surface area contributed by atoms with Crippen molar-refractivity contribution in [2.45, 2.75) is 5.75 Å². The molecule has 0 aliphatic rings. The maximum Gasteiger partial charge on any atom is 0.151 e. The average Bonchev–Trinajstić information content (AvgIpc) is 1.99. The Bertz CT molecular complexity index is 313. The summed E-state index contributed by atoms with van der Waals surface area (Å²) in [6.45, 7) is 0. The van der Waals surface area contributed by atoms with Gasteiger partial charge in [-0.15, -0.1) is 17.0 Å². The SMILES string of the molecule is Br.N=C(N)SCc1cc(F)cc(F)c1. The van der Waals surface area contributed by atoms with E-state index in [9.17, 15) is 8.78 Å². The Hall–Kier alpha value is -0.620. The van der Waals surface area contributed by atoms with Crippen molar-refractivity contribution in [1.29, 1.82) is 5.41 Å². The fraction of sp³-hybridized carbons (Fsp3) is 0.125. The van der Waals surface area contributed by atoms with Gasteiger partial charge in [0, 0.05) is 11.8 Å². The van der Waals surface area contributed by atoms with Gasteiger partial charge in [0.05, 0.1) is 0 Å². The summed E-state index contributed by atoms with van der Waals surface area (Å²) in [5, 5.41) is 6.84. The summed E-state index contributed by atoms with van der Waals surface area (Å²) < 4.78 is 25.2. The van der Waals surface area contributed by atoms with Crippen LogP contribution in [0.25, 0.3) is 0 Å². The van der Waals surface area contributed by atoms with Crippen molar-refractivity contribution in [3.05, 3.63) is 35.4 Å². The second kappa shape index (κ2) is 5.98. The van der Waals surface area contributed by atoms with E-state index in [1.807, 2.05) is 0 Å². The van der Waals surface area contributed by atoms with Gasteiger partial charge in [-0.05, 0) is 17.7 Å².